The second-order valence-corrected chi connectivity index (χ2v) is 9.84. The number of carbonyl (C=O) groups is 2. The number of H-pyrrole nitrogens is 1. The molecule has 2 aromatic heterocycles. The highest BCUT2D eigenvalue weighted by molar-refractivity contribution is 8.00. The second kappa shape index (κ2) is 6.34. The number of hydrogen-bond donors (Lipinski definition) is 1. The first-order valence-corrected chi connectivity index (χ1v) is 11.1. The van der Waals surface area contributed by atoms with Crippen LogP contribution in [0, 0.1) is 5.92 Å². The molecule has 5 nitrogen and oxygen atoms in total. The molecule has 0 bridgehead atoms. The topological polar surface area (TPSA) is 70.2 Å². The number of aromatic amines is 1. The maximum Gasteiger partial charge on any atom is 0.305 e. The number of thiophene rings is 1. The number of imide groups is 1. The van der Waals surface area contributed by atoms with Crippen molar-refractivity contribution in [2.45, 2.75) is 16.2 Å². The van der Waals surface area contributed by atoms with Gasteiger partial charge in [0.05, 0.1) is 16.6 Å². The van der Waals surface area contributed by atoms with E-state index in [1.807, 2.05) is 17.5 Å². The van der Waals surface area contributed by atoms with Gasteiger partial charge >= 0.3 is 4.87 Å². The van der Waals surface area contributed by atoms with Gasteiger partial charge in [0.15, 0.2) is 0 Å². The third-order valence-corrected chi connectivity index (χ3v) is 8.37. The summed E-state index contributed by atoms with van der Waals surface area (Å²) < 4.78 is 0. The molecule has 9 heteroatoms. The lowest BCUT2D eigenvalue weighted by atomic mass is 9.87. The molecular formula is C18H11ClN2O3S3. The van der Waals surface area contributed by atoms with Crippen LogP contribution in [0.5, 0.6) is 0 Å². The molecule has 1 saturated heterocycles. The van der Waals surface area contributed by atoms with Crippen molar-refractivity contribution >= 4 is 63.5 Å². The van der Waals surface area contributed by atoms with Crippen LogP contribution >= 0.6 is 46.0 Å². The van der Waals surface area contributed by atoms with Gasteiger partial charge < -0.3 is 4.98 Å². The Labute approximate surface area is 171 Å². The van der Waals surface area contributed by atoms with Crippen LogP contribution in [0.3, 0.4) is 0 Å². The minimum Gasteiger partial charge on any atom is -0.307 e. The second-order valence-electron chi connectivity index (χ2n) is 6.25. The molecule has 2 aliphatic rings. The minimum absolute atomic E-state index is 0.163. The van der Waals surface area contributed by atoms with E-state index >= 15 is 0 Å². The Morgan fingerprint density at radius 1 is 1.04 bits per heavy atom. The zero-order valence-electron chi connectivity index (χ0n) is 13.5. The van der Waals surface area contributed by atoms with E-state index in [2.05, 4.69) is 4.98 Å². The van der Waals surface area contributed by atoms with E-state index in [0.29, 0.717) is 15.7 Å². The average molecular weight is 435 g/mol. The third kappa shape index (κ3) is 2.62. The van der Waals surface area contributed by atoms with Crippen LogP contribution in [-0.4, -0.2) is 22.0 Å². The molecule has 5 rings (SSSR count). The van der Waals surface area contributed by atoms with Crippen LogP contribution in [0.25, 0.3) is 0 Å². The van der Waals surface area contributed by atoms with Gasteiger partial charge in [-0.1, -0.05) is 40.8 Å². The zero-order chi connectivity index (χ0) is 18.7. The number of amides is 2. The van der Waals surface area contributed by atoms with Crippen LogP contribution in [-0.2, 0) is 9.59 Å². The number of hydrogen-bond acceptors (Lipinski definition) is 6. The molecule has 3 unspecified atom stereocenters. The van der Waals surface area contributed by atoms with Gasteiger partial charge in [-0.05, 0) is 35.7 Å². The Morgan fingerprint density at radius 3 is 2.52 bits per heavy atom. The van der Waals surface area contributed by atoms with Gasteiger partial charge in [-0.25, -0.2) is 4.90 Å². The predicted molar refractivity (Wildman–Crippen MR) is 108 cm³/mol. The highest BCUT2D eigenvalue weighted by atomic mass is 35.5. The van der Waals surface area contributed by atoms with Crippen molar-refractivity contribution in [2.24, 2.45) is 5.92 Å². The molecule has 3 atom stereocenters. The summed E-state index contributed by atoms with van der Waals surface area (Å²) in [5.74, 6) is -1.30. The monoisotopic (exact) mass is 434 g/mol. The number of rotatable bonds is 2. The van der Waals surface area contributed by atoms with Crippen molar-refractivity contribution in [3.8, 4) is 0 Å². The molecule has 1 fully saturated rings. The SMILES string of the molecule is O=C1C2Sc3[nH]c(=O)sc3C(c3cccs3)C2C(=O)N1c1ccc(Cl)cc1. The lowest BCUT2D eigenvalue weighted by molar-refractivity contribution is -0.122. The zero-order valence-corrected chi connectivity index (χ0v) is 16.8. The van der Waals surface area contributed by atoms with E-state index in [-0.39, 0.29) is 22.6 Å². The molecule has 0 aliphatic carbocycles. The number of thioether (sulfide) groups is 1. The van der Waals surface area contributed by atoms with Gasteiger partial charge in [0, 0.05) is 20.7 Å². The van der Waals surface area contributed by atoms with E-state index in [1.165, 1.54) is 28.0 Å². The predicted octanol–water partition coefficient (Wildman–Crippen LogP) is 3.95. The van der Waals surface area contributed by atoms with Gasteiger partial charge in [0.25, 0.3) is 0 Å². The maximum atomic E-state index is 13.3. The molecule has 0 spiro atoms. The summed E-state index contributed by atoms with van der Waals surface area (Å²) in [6, 6.07) is 10.6. The molecule has 2 amide bonds. The fraction of sp³-hybridized carbons (Fsp3) is 0.167. The first kappa shape index (κ1) is 17.2. The molecule has 1 N–H and O–H groups in total. The quantitative estimate of drug-likeness (QED) is 0.620. The van der Waals surface area contributed by atoms with Crippen LogP contribution in [0.1, 0.15) is 15.7 Å². The number of aromatic nitrogens is 1. The van der Waals surface area contributed by atoms with E-state index in [9.17, 15) is 14.4 Å². The Kier molecular flexibility index (Phi) is 4.05. The molecule has 3 aromatic rings. The Hall–Kier alpha value is -1.87. The number of fused-ring (bicyclic) bond motifs is 2. The number of anilines is 1. The van der Waals surface area contributed by atoms with E-state index in [4.69, 9.17) is 11.6 Å². The first-order chi connectivity index (χ1) is 13.0. The summed E-state index contributed by atoms with van der Waals surface area (Å²) in [6.07, 6.45) is 0. The standard InChI is InChI=1S/C18H11ClN2O3S3/c19-8-3-5-9(6-4-8)21-16(22)12-11(10-2-1-7-25-10)13-15(20-18(24)27-13)26-14(12)17(21)23/h1-7,11-12,14H,(H,20,24). The van der Waals surface area contributed by atoms with E-state index in [1.54, 1.807) is 24.3 Å². The number of halogens is 1. The fourth-order valence-electron chi connectivity index (χ4n) is 3.64. The Bertz CT molecular complexity index is 1100. The first-order valence-electron chi connectivity index (χ1n) is 8.11. The number of carbonyl (C=O) groups excluding carboxylic acids is 2. The Balaban J connectivity index is 1.64. The molecule has 4 heterocycles. The fourth-order valence-corrected chi connectivity index (χ4v) is 7.23. The van der Waals surface area contributed by atoms with Crippen molar-refractivity contribution in [3.63, 3.8) is 0 Å². The van der Waals surface area contributed by atoms with Gasteiger partial charge in [0.2, 0.25) is 11.8 Å². The van der Waals surface area contributed by atoms with Gasteiger partial charge in [-0.3, -0.25) is 14.4 Å². The molecule has 0 radical (unpaired) electrons. The third-order valence-electron chi connectivity index (χ3n) is 4.76. The molecule has 136 valence electrons. The lowest BCUT2D eigenvalue weighted by Crippen LogP contribution is -2.31. The molecule has 2 aliphatic heterocycles. The summed E-state index contributed by atoms with van der Waals surface area (Å²) in [7, 11) is 0. The van der Waals surface area contributed by atoms with E-state index < -0.39 is 11.2 Å². The summed E-state index contributed by atoms with van der Waals surface area (Å²) in [5.41, 5.74) is 0.520. The van der Waals surface area contributed by atoms with Crippen molar-refractivity contribution in [1.29, 1.82) is 0 Å². The van der Waals surface area contributed by atoms with Crippen molar-refractivity contribution < 1.29 is 9.59 Å². The summed E-state index contributed by atoms with van der Waals surface area (Å²) in [4.78, 5) is 44.2. The number of thiazole rings is 1. The smallest absolute Gasteiger partial charge is 0.305 e. The average Bonchev–Trinajstić information content (AvgIpc) is 3.34. The Morgan fingerprint density at radius 2 is 1.81 bits per heavy atom. The summed E-state index contributed by atoms with van der Waals surface area (Å²) in [6.45, 7) is 0. The van der Waals surface area contributed by atoms with Crippen molar-refractivity contribution in [1.82, 2.24) is 4.98 Å². The van der Waals surface area contributed by atoms with Crippen LogP contribution < -0.4 is 9.77 Å². The van der Waals surface area contributed by atoms with E-state index in [0.717, 1.165) is 21.1 Å². The van der Waals surface area contributed by atoms with Gasteiger partial charge in [-0.2, -0.15) is 0 Å². The number of nitrogens with one attached hydrogen (secondary N) is 1. The molecule has 0 saturated carbocycles. The van der Waals surface area contributed by atoms with Crippen LogP contribution in [0.2, 0.25) is 5.02 Å². The normalized spacial score (nSPS) is 24.2. The highest BCUT2D eigenvalue weighted by Crippen LogP contribution is 2.53. The van der Waals surface area contributed by atoms with Crippen LogP contribution in [0.4, 0.5) is 5.69 Å². The van der Waals surface area contributed by atoms with Crippen molar-refractivity contribution in [2.75, 3.05) is 4.90 Å². The van der Waals surface area contributed by atoms with Gasteiger partial charge in [-0.15, -0.1) is 11.3 Å². The van der Waals surface area contributed by atoms with Crippen molar-refractivity contribution in [3.05, 3.63) is 66.2 Å². The molecular weight excluding hydrogens is 424 g/mol. The summed E-state index contributed by atoms with van der Waals surface area (Å²) >= 11 is 9.88. The molecule has 27 heavy (non-hydrogen) atoms. The van der Waals surface area contributed by atoms with Gasteiger partial charge in [0.1, 0.15) is 5.25 Å². The molecule has 1 aromatic carbocycles. The number of benzene rings is 1. The highest BCUT2D eigenvalue weighted by Gasteiger charge is 2.56. The lowest BCUT2D eigenvalue weighted by Gasteiger charge is -2.28. The minimum atomic E-state index is -0.557. The summed E-state index contributed by atoms with van der Waals surface area (Å²) in [5, 5.41) is 2.63. The van der Waals surface area contributed by atoms with Crippen LogP contribution in [0.15, 0.2) is 51.6 Å². The largest absolute Gasteiger partial charge is 0.307 e. The number of nitrogens with zero attached hydrogens (tertiary/aromatic N) is 1. The maximum absolute atomic E-state index is 13.3.